The Bertz CT molecular complexity index is 394. The summed E-state index contributed by atoms with van der Waals surface area (Å²) in [5.41, 5.74) is 5.62. The summed E-state index contributed by atoms with van der Waals surface area (Å²) < 4.78 is 0. The van der Waals surface area contributed by atoms with E-state index in [1.54, 1.807) is 18.0 Å². The van der Waals surface area contributed by atoms with Crippen LogP contribution in [0.4, 0.5) is 5.82 Å². The Labute approximate surface area is 100 Å². The first kappa shape index (κ1) is 11.7. The second kappa shape index (κ2) is 3.93. The summed E-state index contributed by atoms with van der Waals surface area (Å²) in [6.45, 7) is 4.19. The SMILES string of the molecule is CC1(C)CCSCC1(O)c1cccnc1N. The van der Waals surface area contributed by atoms with Gasteiger partial charge in [0.25, 0.3) is 0 Å². The number of thioether (sulfide) groups is 1. The van der Waals surface area contributed by atoms with Crippen molar-refractivity contribution < 1.29 is 5.11 Å². The molecule has 1 fully saturated rings. The van der Waals surface area contributed by atoms with Crippen LogP contribution in [-0.4, -0.2) is 21.6 Å². The van der Waals surface area contributed by atoms with Crippen molar-refractivity contribution in [3.8, 4) is 0 Å². The van der Waals surface area contributed by atoms with Gasteiger partial charge in [-0.05, 0) is 23.7 Å². The molecule has 0 saturated carbocycles. The fraction of sp³-hybridized carbons (Fsp3) is 0.583. The van der Waals surface area contributed by atoms with Crippen LogP contribution in [0.15, 0.2) is 18.3 Å². The monoisotopic (exact) mass is 238 g/mol. The van der Waals surface area contributed by atoms with Crippen LogP contribution in [-0.2, 0) is 5.60 Å². The van der Waals surface area contributed by atoms with E-state index < -0.39 is 5.60 Å². The fourth-order valence-electron chi connectivity index (χ4n) is 2.16. The van der Waals surface area contributed by atoms with Crippen LogP contribution in [0.25, 0.3) is 0 Å². The van der Waals surface area contributed by atoms with Crippen molar-refractivity contribution in [2.24, 2.45) is 5.41 Å². The van der Waals surface area contributed by atoms with Gasteiger partial charge in [0, 0.05) is 17.5 Å². The average molecular weight is 238 g/mol. The Morgan fingerprint density at radius 1 is 1.50 bits per heavy atom. The Hall–Kier alpha value is -0.740. The van der Waals surface area contributed by atoms with Gasteiger partial charge in [0.05, 0.1) is 0 Å². The Morgan fingerprint density at radius 3 is 2.88 bits per heavy atom. The number of hydrogen-bond acceptors (Lipinski definition) is 4. The number of hydrogen-bond donors (Lipinski definition) is 2. The molecule has 0 bridgehead atoms. The van der Waals surface area contributed by atoms with Crippen LogP contribution in [0.2, 0.25) is 0 Å². The maximum Gasteiger partial charge on any atom is 0.129 e. The molecule has 16 heavy (non-hydrogen) atoms. The van der Waals surface area contributed by atoms with Gasteiger partial charge < -0.3 is 10.8 Å². The van der Waals surface area contributed by atoms with Gasteiger partial charge in [-0.1, -0.05) is 19.9 Å². The summed E-state index contributed by atoms with van der Waals surface area (Å²) >= 11 is 1.77. The number of aliphatic hydroxyl groups is 1. The summed E-state index contributed by atoms with van der Waals surface area (Å²) in [4.78, 5) is 4.07. The van der Waals surface area contributed by atoms with Crippen molar-refractivity contribution in [3.05, 3.63) is 23.9 Å². The molecule has 4 heteroatoms. The first-order valence-corrected chi connectivity index (χ1v) is 6.64. The molecule has 1 saturated heterocycles. The molecule has 0 aliphatic carbocycles. The molecule has 1 aliphatic heterocycles. The largest absolute Gasteiger partial charge is 0.384 e. The first-order chi connectivity index (χ1) is 7.47. The van der Waals surface area contributed by atoms with E-state index in [9.17, 15) is 5.11 Å². The highest BCUT2D eigenvalue weighted by Gasteiger charge is 2.48. The van der Waals surface area contributed by atoms with E-state index in [1.807, 2.05) is 12.1 Å². The van der Waals surface area contributed by atoms with Crippen LogP contribution >= 0.6 is 11.8 Å². The van der Waals surface area contributed by atoms with Gasteiger partial charge in [-0.3, -0.25) is 0 Å². The predicted octanol–water partition coefficient (Wildman–Crippen LogP) is 2.01. The van der Waals surface area contributed by atoms with Crippen LogP contribution in [0.5, 0.6) is 0 Å². The zero-order chi connectivity index (χ0) is 11.8. The van der Waals surface area contributed by atoms with E-state index in [-0.39, 0.29) is 5.41 Å². The minimum Gasteiger partial charge on any atom is -0.384 e. The number of rotatable bonds is 1. The highest BCUT2D eigenvalue weighted by atomic mass is 32.2. The van der Waals surface area contributed by atoms with Gasteiger partial charge in [0.15, 0.2) is 0 Å². The summed E-state index contributed by atoms with van der Waals surface area (Å²) in [5.74, 6) is 2.23. The van der Waals surface area contributed by atoms with Gasteiger partial charge in [0.2, 0.25) is 0 Å². The standard InChI is InChI=1S/C12H18N2OS/c1-11(2)5-7-16-8-12(11,15)9-4-3-6-14-10(9)13/h3-4,6,15H,5,7-8H2,1-2H3,(H2,13,14). The van der Waals surface area contributed by atoms with Crippen molar-refractivity contribution in [2.45, 2.75) is 25.9 Å². The second-order valence-electron chi connectivity index (χ2n) is 4.98. The zero-order valence-corrected chi connectivity index (χ0v) is 10.5. The minimum atomic E-state index is -0.867. The van der Waals surface area contributed by atoms with E-state index in [0.29, 0.717) is 11.6 Å². The van der Waals surface area contributed by atoms with E-state index >= 15 is 0 Å². The molecule has 0 amide bonds. The molecule has 1 aliphatic rings. The Kier molecular flexibility index (Phi) is 2.88. The van der Waals surface area contributed by atoms with Crippen LogP contribution in [0.1, 0.15) is 25.8 Å². The molecule has 1 aromatic heterocycles. The number of pyridine rings is 1. The molecule has 0 spiro atoms. The highest BCUT2D eigenvalue weighted by molar-refractivity contribution is 7.99. The van der Waals surface area contributed by atoms with Crippen LogP contribution in [0, 0.1) is 5.41 Å². The number of anilines is 1. The topological polar surface area (TPSA) is 59.1 Å². The number of nitrogen functional groups attached to an aromatic ring is 1. The lowest BCUT2D eigenvalue weighted by Gasteiger charge is -2.46. The van der Waals surface area contributed by atoms with Gasteiger partial charge in [-0.25, -0.2) is 4.98 Å². The fourth-order valence-corrected chi connectivity index (χ4v) is 3.80. The lowest BCUT2D eigenvalue weighted by Crippen LogP contribution is -2.47. The molecule has 1 atom stereocenters. The second-order valence-corrected chi connectivity index (χ2v) is 6.09. The molecule has 3 nitrogen and oxygen atoms in total. The van der Waals surface area contributed by atoms with Crippen molar-refractivity contribution in [2.75, 3.05) is 17.2 Å². The molecule has 1 unspecified atom stereocenters. The van der Waals surface area contributed by atoms with E-state index in [2.05, 4.69) is 18.8 Å². The molecular formula is C12H18N2OS. The quantitative estimate of drug-likeness (QED) is 0.786. The van der Waals surface area contributed by atoms with Gasteiger partial charge >= 0.3 is 0 Å². The number of nitrogens with zero attached hydrogens (tertiary/aromatic N) is 1. The molecule has 2 heterocycles. The molecule has 88 valence electrons. The van der Waals surface area contributed by atoms with Gasteiger partial charge in [-0.2, -0.15) is 11.8 Å². The molecule has 0 radical (unpaired) electrons. The lowest BCUT2D eigenvalue weighted by molar-refractivity contribution is -0.0574. The third-order valence-corrected chi connectivity index (χ3v) is 4.70. The van der Waals surface area contributed by atoms with Crippen molar-refractivity contribution in [1.29, 1.82) is 0 Å². The number of aromatic nitrogens is 1. The predicted molar refractivity (Wildman–Crippen MR) is 68.3 cm³/mol. The Morgan fingerprint density at radius 2 is 2.25 bits per heavy atom. The van der Waals surface area contributed by atoms with E-state index in [0.717, 1.165) is 17.7 Å². The Balaban J connectivity index is 2.48. The molecular weight excluding hydrogens is 220 g/mol. The normalized spacial score (nSPS) is 28.9. The number of nitrogens with two attached hydrogens (primary N) is 1. The zero-order valence-electron chi connectivity index (χ0n) is 9.73. The van der Waals surface area contributed by atoms with Crippen LogP contribution < -0.4 is 5.73 Å². The van der Waals surface area contributed by atoms with Crippen molar-refractivity contribution >= 4 is 17.6 Å². The lowest BCUT2D eigenvalue weighted by atomic mass is 9.70. The van der Waals surface area contributed by atoms with Crippen molar-refractivity contribution in [1.82, 2.24) is 4.98 Å². The maximum atomic E-state index is 10.9. The smallest absolute Gasteiger partial charge is 0.129 e. The molecule has 3 N–H and O–H groups in total. The van der Waals surface area contributed by atoms with Crippen molar-refractivity contribution in [3.63, 3.8) is 0 Å². The molecule has 2 rings (SSSR count). The average Bonchev–Trinajstić information content (AvgIpc) is 2.23. The first-order valence-electron chi connectivity index (χ1n) is 5.48. The molecule has 1 aromatic rings. The van der Waals surface area contributed by atoms with Gasteiger partial charge in [0.1, 0.15) is 11.4 Å². The third-order valence-electron chi connectivity index (χ3n) is 3.59. The summed E-state index contributed by atoms with van der Waals surface area (Å²) in [6.07, 6.45) is 2.65. The van der Waals surface area contributed by atoms with Gasteiger partial charge in [-0.15, -0.1) is 0 Å². The highest BCUT2D eigenvalue weighted by Crippen LogP contribution is 2.49. The summed E-state index contributed by atoms with van der Waals surface area (Å²) in [6, 6.07) is 3.72. The summed E-state index contributed by atoms with van der Waals surface area (Å²) in [7, 11) is 0. The summed E-state index contributed by atoms with van der Waals surface area (Å²) in [5, 5.41) is 10.9. The molecule has 0 aromatic carbocycles. The minimum absolute atomic E-state index is 0.157. The maximum absolute atomic E-state index is 10.9. The third kappa shape index (κ3) is 1.70. The van der Waals surface area contributed by atoms with E-state index in [4.69, 9.17) is 5.73 Å². The van der Waals surface area contributed by atoms with Crippen LogP contribution in [0.3, 0.4) is 0 Å². The van der Waals surface area contributed by atoms with E-state index in [1.165, 1.54) is 0 Å².